The van der Waals surface area contributed by atoms with E-state index in [9.17, 15) is 9.59 Å². The van der Waals surface area contributed by atoms with Gasteiger partial charge in [0, 0.05) is 0 Å². The Hall–Kier alpha value is -0.900. The molecule has 2 amide bonds. The van der Waals surface area contributed by atoms with Gasteiger partial charge in [-0.1, -0.05) is 25.7 Å². The molecule has 0 saturated heterocycles. The van der Waals surface area contributed by atoms with Gasteiger partial charge in [0.1, 0.15) is 11.3 Å². The van der Waals surface area contributed by atoms with Gasteiger partial charge in [-0.2, -0.15) is 4.99 Å². The molecule has 5 heteroatoms. The van der Waals surface area contributed by atoms with E-state index in [-0.39, 0.29) is 23.5 Å². The fraction of sp³-hybridized carbons (Fsp3) is 0.727. The SMILES string of the molecule is O=C1N=C(CCl)NC(=O)C12CCCCCC2. The van der Waals surface area contributed by atoms with E-state index in [1.807, 2.05) is 0 Å². The van der Waals surface area contributed by atoms with E-state index >= 15 is 0 Å². The summed E-state index contributed by atoms with van der Waals surface area (Å²) in [6, 6.07) is 0. The van der Waals surface area contributed by atoms with Crippen molar-refractivity contribution in [2.45, 2.75) is 38.5 Å². The molecule has 2 aliphatic rings. The molecular weight excluding hydrogens is 228 g/mol. The largest absolute Gasteiger partial charge is 0.312 e. The zero-order valence-corrected chi connectivity index (χ0v) is 9.85. The minimum Gasteiger partial charge on any atom is -0.312 e. The normalized spacial score (nSPS) is 24.9. The van der Waals surface area contributed by atoms with Crippen LogP contribution in [0, 0.1) is 5.41 Å². The average Bonchev–Trinajstić information content (AvgIpc) is 2.52. The summed E-state index contributed by atoms with van der Waals surface area (Å²) in [6.45, 7) is 0. The molecule has 2 rings (SSSR count). The molecule has 88 valence electrons. The van der Waals surface area contributed by atoms with Gasteiger partial charge >= 0.3 is 0 Å². The van der Waals surface area contributed by atoms with Crippen LogP contribution >= 0.6 is 11.6 Å². The molecule has 0 radical (unpaired) electrons. The van der Waals surface area contributed by atoms with Crippen molar-refractivity contribution in [1.29, 1.82) is 0 Å². The number of alkyl halides is 1. The van der Waals surface area contributed by atoms with Crippen molar-refractivity contribution < 1.29 is 9.59 Å². The van der Waals surface area contributed by atoms with Crippen molar-refractivity contribution in [2.24, 2.45) is 10.4 Å². The number of rotatable bonds is 1. The molecular formula is C11H15ClN2O2. The van der Waals surface area contributed by atoms with E-state index in [0.29, 0.717) is 12.8 Å². The van der Waals surface area contributed by atoms with Gasteiger partial charge in [-0.3, -0.25) is 9.59 Å². The summed E-state index contributed by atoms with van der Waals surface area (Å²) >= 11 is 5.57. The Balaban J connectivity index is 2.29. The van der Waals surface area contributed by atoms with Gasteiger partial charge < -0.3 is 5.32 Å². The van der Waals surface area contributed by atoms with Crippen LogP contribution in [-0.4, -0.2) is 23.5 Å². The van der Waals surface area contributed by atoms with Crippen LogP contribution in [0.25, 0.3) is 0 Å². The molecule has 1 N–H and O–H groups in total. The summed E-state index contributed by atoms with van der Waals surface area (Å²) in [5.41, 5.74) is -0.897. The zero-order chi connectivity index (χ0) is 11.6. The van der Waals surface area contributed by atoms with E-state index < -0.39 is 5.41 Å². The van der Waals surface area contributed by atoms with Gasteiger partial charge in [0.25, 0.3) is 5.91 Å². The van der Waals surface area contributed by atoms with Crippen molar-refractivity contribution in [3.8, 4) is 0 Å². The van der Waals surface area contributed by atoms with Crippen molar-refractivity contribution in [2.75, 3.05) is 5.88 Å². The molecule has 0 aromatic heterocycles. The number of hydrogen-bond acceptors (Lipinski definition) is 2. The molecule has 1 spiro atoms. The number of amidine groups is 1. The van der Waals surface area contributed by atoms with Crippen LogP contribution in [0.1, 0.15) is 38.5 Å². The number of aliphatic imine (C=N–C) groups is 1. The van der Waals surface area contributed by atoms with Crippen LogP contribution in [0.5, 0.6) is 0 Å². The second-order valence-electron chi connectivity index (χ2n) is 4.45. The van der Waals surface area contributed by atoms with Crippen LogP contribution in [0.4, 0.5) is 0 Å². The predicted molar refractivity (Wildman–Crippen MR) is 61.4 cm³/mol. The number of hydrogen-bond donors (Lipinski definition) is 1. The lowest BCUT2D eigenvalue weighted by Gasteiger charge is -2.31. The fourth-order valence-electron chi connectivity index (χ4n) is 2.44. The van der Waals surface area contributed by atoms with E-state index in [1.54, 1.807) is 0 Å². The standard InChI is InChI=1S/C11H15ClN2O2/c12-7-8-13-9(15)11(10(16)14-8)5-3-1-2-4-6-11/h1-7H2,(H,13,14,15,16). The minimum absolute atomic E-state index is 0.0769. The zero-order valence-electron chi connectivity index (χ0n) is 9.09. The highest BCUT2D eigenvalue weighted by Gasteiger charge is 2.48. The van der Waals surface area contributed by atoms with Crippen molar-refractivity contribution in [1.82, 2.24) is 5.32 Å². The number of halogens is 1. The highest BCUT2D eigenvalue weighted by atomic mass is 35.5. The molecule has 1 saturated carbocycles. The molecule has 1 heterocycles. The van der Waals surface area contributed by atoms with Gasteiger partial charge in [-0.05, 0) is 12.8 Å². The maximum atomic E-state index is 12.0. The molecule has 0 aromatic rings. The predicted octanol–water partition coefficient (Wildman–Crippen LogP) is 1.62. The molecule has 0 atom stereocenters. The van der Waals surface area contributed by atoms with Gasteiger partial charge in [0.2, 0.25) is 5.91 Å². The number of nitrogens with one attached hydrogen (secondary N) is 1. The second kappa shape index (κ2) is 4.53. The number of carbonyl (C=O) groups is 2. The van der Waals surface area contributed by atoms with E-state index in [0.717, 1.165) is 25.7 Å². The summed E-state index contributed by atoms with van der Waals surface area (Å²) < 4.78 is 0. The first kappa shape index (κ1) is 11.6. The quantitative estimate of drug-likeness (QED) is 0.561. The molecule has 1 aliphatic carbocycles. The lowest BCUT2D eigenvalue weighted by Crippen LogP contribution is -2.52. The van der Waals surface area contributed by atoms with Gasteiger partial charge in [-0.25, -0.2) is 0 Å². The summed E-state index contributed by atoms with van der Waals surface area (Å²) in [6.07, 6.45) is 5.27. The van der Waals surface area contributed by atoms with E-state index in [1.165, 1.54) is 0 Å². The number of carbonyl (C=O) groups excluding carboxylic acids is 2. The van der Waals surface area contributed by atoms with Gasteiger partial charge in [0.05, 0.1) is 5.88 Å². The molecule has 0 unspecified atom stereocenters. The second-order valence-corrected chi connectivity index (χ2v) is 4.71. The van der Waals surface area contributed by atoms with Crippen LogP contribution < -0.4 is 5.32 Å². The molecule has 0 bridgehead atoms. The molecule has 4 nitrogen and oxygen atoms in total. The van der Waals surface area contributed by atoms with Crippen molar-refractivity contribution in [3.63, 3.8) is 0 Å². The first-order valence-electron chi connectivity index (χ1n) is 5.68. The summed E-state index contributed by atoms with van der Waals surface area (Å²) in [5.74, 6) is -0.140. The van der Waals surface area contributed by atoms with Crippen LogP contribution in [0.3, 0.4) is 0 Å². The Labute approximate surface area is 99.4 Å². The number of amides is 2. The smallest absolute Gasteiger partial charge is 0.263 e. The monoisotopic (exact) mass is 242 g/mol. The average molecular weight is 243 g/mol. The van der Waals surface area contributed by atoms with Crippen LogP contribution in [0.2, 0.25) is 0 Å². The first-order chi connectivity index (χ1) is 7.69. The molecule has 1 aliphatic heterocycles. The van der Waals surface area contributed by atoms with E-state index in [4.69, 9.17) is 11.6 Å². The topological polar surface area (TPSA) is 58.5 Å². The number of nitrogens with zero attached hydrogens (tertiary/aromatic N) is 1. The third-order valence-corrected chi connectivity index (χ3v) is 3.68. The Bertz CT molecular complexity index is 344. The summed E-state index contributed by atoms with van der Waals surface area (Å²) in [7, 11) is 0. The fourth-order valence-corrected chi connectivity index (χ4v) is 2.57. The van der Waals surface area contributed by atoms with Gasteiger partial charge in [-0.15, -0.1) is 11.6 Å². The molecule has 0 aromatic carbocycles. The highest BCUT2D eigenvalue weighted by Crippen LogP contribution is 2.37. The van der Waals surface area contributed by atoms with Crippen molar-refractivity contribution in [3.05, 3.63) is 0 Å². The Kier molecular flexibility index (Phi) is 3.28. The third-order valence-electron chi connectivity index (χ3n) is 3.42. The lowest BCUT2D eigenvalue weighted by molar-refractivity contribution is -0.142. The first-order valence-corrected chi connectivity index (χ1v) is 6.22. The van der Waals surface area contributed by atoms with Crippen LogP contribution in [0.15, 0.2) is 4.99 Å². The summed E-state index contributed by atoms with van der Waals surface area (Å²) in [5, 5.41) is 2.64. The maximum Gasteiger partial charge on any atom is 0.263 e. The maximum absolute atomic E-state index is 12.0. The van der Waals surface area contributed by atoms with Crippen LogP contribution in [-0.2, 0) is 9.59 Å². The summed E-state index contributed by atoms with van der Waals surface area (Å²) in [4.78, 5) is 27.9. The minimum atomic E-state index is -0.897. The van der Waals surface area contributed by atoms with Crippen molar-refractivity contribution >= 4 is 29.3 Å². The Morgan fingerprint density at radius 3 is 2.31 bits per heavy atom. The highest BCUT2D eigenvalue weighted by molar-refractivity contribution is 6.32. The molecule has 16 heavy (non-hydrogen) atoms. The van der Waals surface area contributed by atoms with Gasteiger partial charge in [0.15, 0.2) is 0 Å². The Morgan fingerprint density at radius 1 is 1.19 bits per heavy atom. The molecule has 1 fully saturated rings. The lowest BCUT2D eigenvalue weighted by atomic mass is 9.78. The Morgan fingerprint density at radius 2 is 1.81 bits per heavy atom. The van der Waals surface area contributed by atoms with E-state index in [2.05, 4.69) is 10.3 Å². The third kappa shape index (κ3) is 1.86.